The number of hydrogen-bond donors (Lipinski definition) is 0. The molecule has 16 heavy (non-hydrogen) atoms. The maximum atomic E-state index is 6.16. The van der Waals surface area contributed by atoms with Crippen LogP contribution < -0.4 is 0 Å². The van der Waals surface area contributed by atoms with E-state index in [2.05, 4.69) is 45.7 Å². The summed E-state index contributed by atoms with van der Waals surface area (Å²) < 4.78 is 6.42. The number of rotatable bonds is 0. The normalized spacial score (nSPS) is 48.8. The maximum absolute atomic E-state index is 6.16. The Bertz CT molecular complexity index is 277. The molecule has 1 heterocycles. The first-order valence-electron chi connectivity index (χ1n) is 6.13. The van der Waals surface area contributed by atoms with E-state index in [1.54, 1.807) is 0 Å². The van der Waals surface area contributed by atoms with E-state index in [4.69, 9.17) is 4.74 Å². The first kappa shape index (κ1) is 12.3. The topological polar surface area (TPSA) is 9.23 Å². The number of thioether (sulfide) groups is 1. The minimum Gasteiger partial charge on any atom is -0.361 e. The summed E-state index contributed by atoms with van der Waals surface area (Å²) in [7, 11) is 0. The molecular weight excluding hydrogens is 352 g/mol. The molecule has 3 fully saturated rings. The first-order chi connectivity index (χ1) is 7.40. The van der Waals surface area contributed by atoms with E-state index in [9.17, 15) is 0 Å². The molecule has 3 aliphatic rings. The van der Waals surface area contributed by atoms with E-state index in [0.717, 1.165) is 17.1 Å². The molecule has 0 N–H and O–H groups in total. The van der Waals surface area contributed by atoms with Gasteiger partial charge in [-0.2, -0.15) is 0 Å². The molecule has 0 radical (unpaired) electrons. The predicted octanol–water partition coefficient (Wildman–Crippen LogP) is 4.53. The van der Waals surface area contributed by atoms with Crippen molar-refractivity contribution in [2.45, 2.75) is 59.1 Å². The average Bonchev–Trinajstić information content (AvgIpc) is 2.49. The predicted molar refractivity (Wildman–Crippen MR) is 76.4 cm³/mol. The highest BCUT2D eigenvalue weighted by molar-refractivity contribution is 9.25. The molecule has 2 saturated carbocycles. The van der Waals surface area contributed by atoms with Gasteiger partial charge < -0.3 is 4.74 Å². The fourth-order valence-electron chi connectivity index (χ4n) is 3.33. The Hall–Kier alpha value is 1.27. The van der Waals surface area contributed by atoms with Crippen LogP contribution in [0.3, 0.4) is 0 Å². The third kappa shape index (κ3) is 2.02. The molecule has 1 aliphatic heterocycles. The van der Waals surface area contributed by atoms with Crippen molar-refractivity contribution < 1.29 is 4.74 Å². The van der Waals surface area contributed by atoms with E-state index in [1.165, 1.54) is 25.7 Å². The van der Waals surface area contributed by atoms with Gasteiger partial charge in [-0.05, 0) is 51.4 Å². The highest BCUT2D eigenvalue weighted by Crippen LogP contribution is 2.67. The maximum Gasteiger partial charge on any atom is 0.108 e. The minimum atomic E-state index is 0.0454. The van der Waals surface area contributed by atoms with Crippen LogP contribution in [0.5, 0.6) is 0 Å². The van der Waals surface area contributed by atoms with Crippen molar-refractivity contribution in [1.82, 2.24) is 0 Å². The molecule has 4 heteroatoms. The van der Waals surface area contributed by atoms with Crippen LogP contribution in [-0.4, -0.2) is 19.5 Å². The van der Waals surface area contributed by atoms with Gasteiger partial charge in [-0.25, -0.2) is 0 Å². The van der Waals surface area contributed by atoms with Crippen molar-refractivity contribution in [2.75, 3.05) is 0 Å². The van der Waals surface area contributed by atoms with Gasteiger partial charge in [0.2, 0.25) is 0 Å². The number of hydrogen-bond acceptors (Lipinski definition) is 2. The Labute approximate surface area is 119 Å². The molecule has 0 spiro atoms. The molecule has 0 bridgehead atoms. The van der Waals surface area contributed by atoms with Crippen LogP contribution in [0.4, 0.5) is 0 Å². The van der Waals surface area contributed by atoms with Gasteiger partial charge in [0.05, 0.1) is 9.34 Å². The lowest BCUT2D eigenvalue weighted by atomic mass is 9.98. The summed E-state index contributed by atoms with van der Waals surface area (Å²) in [6.07, 6.45) is 5.70. The fourth-order valence-corrected chi connectivity index (χ4v) is 6.77. The zero-order valence-corrected chi connectivity index (χ0v) is 13.7. The lowest BCUT2D eigenvalue weighted by molar-refractivity contribution is -0.00317. The van der Waals surface area contributed by atoms with Crippen molar-refractivity contribution in [2.24, 2.45) is 11.8 Å². The van der Waals surface area contributed by atoms with Gasteiger partial charge in [-0.1, -0.05) is 31.9 Å². The molecule has 4 unspecified atom stereocenters. The summed E-state index contributed by atoms with van der Waals surface area (Å²) in [4.78, 5) is 0.0454. The van der Waals surface area contributed by atoms with Gasteiger partial charge in [-0.3, -0.25) is 0 Å². The molecular formula is C12H18Br2OS. The fraction of sp³-hybridized carbons (Fsp3) is 1.00. The van der Waals surface area contributed by atoms with Gasteiger partial charge in [0, 0.05) is 5.25 Å². The second kappa shape index (κ2) is 3.88. The van der Waals surface area contributed by atoms with Crippen molar-refractivity contribution in [1.29, 1.82) is 0 Å². The molecule has 92 valence electrons. The molecule has 1 nitrogen and oxygen atoms in total. The standard InChI is InChI=1S/C12H18Br2OS/c1-11(2)15-9-5-3-7-8(12(7,13)14)4-6-10(9)16-11/h7-10H,3-6H2,1-2H3. The number of alkyl halides is 2. The molecule has 0 aromatic rings. The lowest BCUT2D eigenvalue weighted by Gasteiger charge is -2.20. The smallest absolute Gasteiger partial charge is 0.108 e. The van der Waals surface area contributed by atoms with Crippen molar-refractivity contribution >= 4 is 43.6 Å². The Morgan fingerprint density at radius 1 is 1.06 bits per heavy atom. The molecule has 0 aromatic heterocycles. The highest BCUT2D eigenvalue weighted by Gasteiger charge is 2.62. The molecule has 0 amide bonds. The van der Waals surface area contributed by atoms with Gasteiger partial charge in [0.15, 0.2) is 0 Å². The van der Waals surface area contributed by atoms with E-state index in [-0.39, 0.29) is 8.17 Å². The van der Waals surface area contributed by atoms with Gasteiger partial charge in [-0.15, -0.1) is 11.8 Å². The minimum absolute atomic E-state index is 0.0454. The molecule has 3 rings (SSSR count). The SMILES string of the molecule is CC1(C)OC2CCC3C(CCC2S1)C3(Br)Br. The second-order valence-electron chi connectivity index (χ2n) is 5.75. The van der Waals surface area contributed by atoms with Crippen LogP contribution in [-0.2, 0) is 4.74 Å². The van der Waals surface area contributed by atoms with Crippen molar-refractivity contribution in [3.8, 4) is 0 Å². The van der Waals surface area contributed by atoms with Crippen LogP contribution >= 0.6 is 43.6 Å². The van der Waals surface area contributed by atoms with Crippen LogP contribution in [0.1, 0.15) is 39.5 Å². The molecule has 2 aliphatic carbocycles. The van der Waals surface area contributed by atoms with Gasteiger partial charge >= 0.3 is 0 Å². The van der Waals surface area contributed by atoms with Crippen LogP contribution in [0.2, 0.25) is 0 Å². The summed E-state index contributed by atoms with van der Waals surface area (Å²) in [5, 5.41) is 0.729. The Morgan fingerprint density at radius 2 is 1.69 bits per heavy atom. The summed E-state index contributed by atoms with van der Waals surface area (Å²) >= 11 is 9.68. The zero-order valence-electron chi connectivity index (χ0n) is 9.71. The van der Waals surface area contributed by atoms with Gasteiger partial charge in [0.1, 0.15) is 4.93 Å². The van der Waals surface area contributed by atoms with Crippen LogP contribution in [0, 0.1) is 11.8 Å². The average molecular weight is 370 g/mol. The Balaban J connectivity index is 1.69. The Kier molecular flexibility index (Phi) is 2.99. The number of halogens is 2. The summed E-state index contributed by atoms with van der Waals surface area (Å²) in [5.41, 5.74) is 0. The van der Waals surface area contributed by atoms with Crippen LogP contribution in [0.15, 0.2) is 0 Å². The molecule has 4 atom stereocenters. The largest absolute Gasteiger partial charge is 0.361 e. The Morgan fingerprint density at radius 3 is 2.38 bits per heavy atom. The number of ether oxygens (including phenoxy) is 1. The molecule has 0 aromatic carbocycles. The van der Waals surface area contributed by atoms with E-state index < -0.39 is 0 Å². The summed E-state index contributed by atoms with van der Waals surface area (Å²) in [5.74, 6) is 1.67. The third-order valence-corrected chi connectivity index (χ3v) is 8.03. The monoisotopic (exact) mass is 368 g/mol. The quantitative estimate of drug-likeness (QED) is 0.580. The second-order valence-corrected chi connectivity index (χ2v) is 11.3. The van der Waals surface area contributed by atoms with E-state index >= 15 is 0 Å². The van der Waals surface area contributed by atoms with Crippen molar-refractivity contribution in [3.05, 3.63) is 0 Å². The van der Waals surface area contributed by atoms with Crippen molar-refractivity contribution in [3.63, 3.8) is 0 Å². The van der Waals surface area contributed by atoms with E-state index in [0.29, 0.717) is 6.10 Å². The van der Waals surface area contributed by atoms with Gasteiger partial charge in [0.25, 0.3) is 0 Å². The summed E-state index contributed by atoms with van der Waals surface area (Å²) in [6.45, 7) is 4.42. The number of fused-ring (bicyclic) bond motifs is 2. The van der Waals surface area contributed by atoms with Crippen LogP contribution in [0.25, 0.3) is 0 Å². The zero-order chi connectivity index (χ0) is 11.6. The highest BCUT2D eigenvalue weighted by atomic mass is 79.9. The third-order valence-electron chi connectivity index (χ3n) is 4.17. The van der Waals surface area contributed by atoms with E-state index in [1.807, 2.05) is 11.8 Å². The summed E-state index contributed by atoms with van der Waals surface area (Å²) in [6, 6.07) is 0. The lowest BCUT2D eigenvalue weighted by Crippen LogP contribution is -2.23. The molecule has 1 saturated heterocycles. The first-order valence-corrected chi connectivity index (χ1v) is 8.60.